The van der Waals surface area contributed by atoms with Crippen LogP contribution in [0.3, 0.4) is 0 Å². The lowest BCUT2D eigenvalue weighted by molar-refractivity contribution is -0.121. The van der Waals surface area contributed by atoms with Gasteiger partial charge in [-0.25, -0.2) is 0 Å². The lowest BCUT2D eigenvalue weighted by Crippen LogP contribution is -2.20. The molecule has 0 aliphatic carbocycles. The topological polar surface area (TPSA) is 47.6 Å². The lowest BCUT2D eigenvalue weighted by Gasteiger charge is -2.09. The monoisotopic (exact) mass is 237 g/mol. The number of carbonyl (C=O) groups is 1. The van der Waals surface area contributed by atoms with E-state index >= 15 is 0 Å². The quantitative estimate of drug-likeness (QED) is 0.769. The van der Waals surface area contributed by atoms with Crippen LogP contribution in [0.5, 0.6) is 0 Å². The third-order valence-corrected chi connectivity index (χ3v) is 2.33. The van der Waals surface area contributed by atoms with Crippen molar-refractivity contribution in [3.63, 3.8) is 0 Å². The predicted octanol–water partition coefficient (Wildman–Crippen LogP) is 1.90. The van der Waals surface area contributed by atoms with Gasteiger partial charge in [-0.3, -0.25) is 4.79 Å². The molecule has 1 aromatic carbocycles. The molecule has 0 aromatic heterocycles. The molecule has 0 aliphatic rings. The first kappa shape index (κ1) is 13.7. The second-order valence-corrected chi connectivity index (χ2v) is 3.91. The number of ether oxygens (including phenoxy) is 2. The van der Waals surface area contributed by atoms with Crippen molar-refractivity contribution < 1.29 is 14.3 Å². The van der Waals surface area contributed by atoms with Crippen molar-refractivity contribution in [2.75, 3.05) is 32.2 Å². The molecule has 4 nitrogen and oxygen atoms in total. The molecule has 0 bridgehead atoms. The maximum absolute atomic E-state index is 11.6. The van der Waals surface area contributed by atoms with E-state index in [0.29, 0.717) is 13.2 Å². The SMILES string of the molecule is COCCOCC(=O)Nc1cc(C)ccc1C. The largest absolute Gasteiger partial charge is 0.382 e. The summed E-state index contributed by atoms with van der Waals surface area (Å²) in [7, 11) is 1.60. The molecule has 0 atom stereocenters. The molecule has 0 aliphatic heterocycles. The van der Waals surface area contributed by atoms with Crippen LogP contribution in [0.2, 0.25) is 0 Å². The van der Waals surface area contributed by atoms with Crippen LogP contribution >= 0.6 is 0 Å². The Kier molecular flexibility index (Phi) is 5.66. The fraction of sp³-hybridized carbons (Fsp3) is 0.462. The summed E-state index contributed by atoms with van der Waals surface area (Å²) >= 11 is 0. The van der Waals surface area contributed by atoms with Crippen molar-refractivity contribution >= 4 is 11.6 Å². The standard InChI is InChI=1S/C13H19NO3/c1-10-4-5-11(2)12(8-10)14-13(15)9-17-7-6-16-3/h4-5,8H,6-7,9H2,1-3H3,(H,14,15). The number of rotatable bonds is 6. The maximum Gasteiger partial charge on any atom is 0.250 e. The van der Waals surface area contributed by atoms with E-state index in [0.717, 1.165) is 16.8 Å². The summed E-state index contributed by atoms with van der Waals surface area (Å²) in [4.78, 5) is 11.6. The van der Waals surface area contributed by atoms with Crippen molar-refractivity contribution in [2.45, 2.75) is 13.8 Å². The molecule has 0 saturated carbocycles. The molecule has 0 radical (unpaired) electrons. The van der Waals surface area contributed by atoms with Gasteiger partial charge in [0, 0.05) is 12.8 Å². The van der Waals surface area contributed by atoms with Gasteiger partial charge in [-0.05, 0) is 31.0 Å². The van der Waals surface area contributed by atoms with Gasteiger partial charge >= 0.3 is 0 Å². The molecule has 0 saturated heterocycles. The fourth-order valence-electron chi connectivity index (χ4n) is 1.36. The van der Waals surface area contributed by atoms with Gasteiger partial charge in [0.25, 0.3) is 0 Å². The van der Waals surface area contributed by atoms with Crippen LogP contribution in [-0.2, 0) is 14.3 Å². The minimum atomic E-state index is -0.144. The summed E-state index contributed by atoms with van der Waals surface area (Å²) in [5, 5.41) is 2.82. The Morgan fingerprint density at radius 1 is 1.29 bits per heavy atom. The molecule has 1 N–H and O–H groups in total. The third-order valence-electron chi connectivity index (χ3n) is 2.33. The molecule has 4 heteroatoms. The predicted molar refractivity (Wildman–Crippen MR) is 67.2 cm³/mol. The zero-order valence-electron chi connectivity index (χ0n) is 10.6. The third kappa shape index (κ3) is 4.97. The Labute approximate surface area is 102 Å². The van der Waals surface area contributed by atoms with Crippen molar-refractivity contribution in [1.29, 1.82) is 0 Å². The van der Waals surface area contributed by atoms with Crippen LogP contribution in [0.1, 0.15) is 11.1 Å². The van der Waals surface area contributed by atoms with Crippen LogP contribution in [-0.4, -0.2) is 32.8 Å². The Hall–Kier alpha value is -1.39. The number of nitrogens with one attached hydrogen (secondary N) is 1. The summed E-state index contributed by atoms with van der Waals surface area (Å²) in [6, 6.07) is 5.94. The van der Waals surface area contributed by atoms with E-state index in [-0.39, 0.29) is 12.5 Å². The Morgan fingerprint density at radius 3 is 2.76 bits per heavy atom. The minimum Gasteiger partial charge on any atom is -0.382 e. The van der Waals surface area contributed by atoms with Crippen LogP contribution in [0.25, 0.3) is 0 Å². The number of aryl methyl sites for hydroxylation is 2. The summed E-state index contributed by atoms with van der Waals surface area (Å²) < 4.78 is 9.96. The van der Waals surface area contributed by atoms with E-state index in [4.69, 9.17) is 9.47 Å². The van der Waals surface area contributed by atoms with E-state index in [1.165, 1.54) is 0 Å². The molecule has 1 rings (SSSR count). The first-order valence-electron chi connectivity index (χ1n) is 5.57. The van der Waals surface area contributed by atoms with Crippen molar-refractivity contribution in [3.8, 4) is 0 Å². The van der Waals surface area contributed by atoms with Gasteiger partial charge in [-0.15, -0.1) is 0 Å². The minimum absolute atomic E-state index is 0.0523. The number of methoxy groups -OCH3 is 1. The summed E-state index contributed by atoms with van der Waals surface area (Å²) in [5.41, 5.74) is 3.00. The van der Waals surface area contributed by atoms with Crippen LogP contribution in [0, 0.1) is 13.8 Å². The highest BCUT2D eigenvalue weighted by atomic mass is 16.5. The second kappa shape index (κ2) is 7.04. The maximum atomic E-state index is 11.6. The average molecular weight is 237 g/mol. The molecular formula is C13H19NO3. The summed E-state index contributed by atoms with van der Waals surface area (Å²) in [6.45, 7) is 4.93. The van der Waals surface area contributed by atoms with Crippen LogP contribution in [0.15, 0.2) is 18.2 Å². The van der Waals surface area contributed by atoms with Gasteiger partial charge in [0.05, 0.1) is 13.2 Å². The van der Waals surface area contributed by atoms with E-state index < -0.39 is 0 Å². The first-order chi connectivity index (χ1) is 8.13. The zero-order valence-corrected chi connectivity index (χ0v) is 10.6. The number of amides is 1. The van der Waals surface area contributed by atoms with Gasteiger partial charge in [0.1, 0.15) is 6.61 Å². The van der Waals surface area contributed by atoms with E-state index in [2.05, 4.69) is 5.32 Å². The fourth-order valence-corrected chi connectivity index (χ4v) is 1.36. The van der Waals surface area contributed by atoms with Gasteiger partial charge in [-0.1, -0.05) is 12.1 Å². The first-order valence-corrected chi connectivity index (χ1v) is 5.57. The van der Waals surface area contributed by atoms with Crippen molar-refractivity contribution in [3.05, 3.63) is 29.3 Å². The van der Waals surface area contributed by atoms with Crippen LogP contribution < -0.4 is 5.32 Å². The van der Waals surface area contributed by atoms with Gasteiger partial charge in [0.15, 0.2) is 0 Å². The smallest absolute Gasteiger partial charge is 0.250 e. The number of hydrogen-bond donors (Lipinski definition) is 1. The van der Waals surface area contributed by atoms with E-state index in [1.54, 1.807) is 7.11 Å². The molecule has 17 heavy (non-hydrogen) atoms. The highest BCUT2D eigenvalue weighted by molar-refractivity contribution is 5.92. The Morgan fingerprint density at radius 2 is 2.06 bits per heavy atom. The van der Waals surface area contributed by atoms with E-state index in [1.807, 2.05) is 32.0 Å². The van der Waals surface area contributed by atoms with Crippen molar-refractivity contribution in [1.82, 2.24) is 0 Å². The number of hydrogen-bond acceptors (Lipinski definition) is 3. The lowest BCUT2D eigenvalue weighted by atomic mass is 10.1. The highest BCUT2D eigenvalue weighted by Gasteiger charge is 2.04. The zero-order chi connectivity index (χ0) is 12.7. The second-order valence-electron chi connectivity index (χ2n) is 3.91. The van der Waals surface area contributed by atoms with Crippen LogP contribution in [0.4, 0.5) is 5.69 Å². The Balaban J connectivity index is 2.42. The number of carbonyl (C=O) groups excluding carboxylic acids is 1. The molecule has 94 valence electrons. The van der Waals surface area contributed by atoms with Gasteiger partial charge < -0.3 is 14.8 Å². The van der Waals surface area contributed by atoms with Crippen molar-refractivity contribution in [2.24, 2.45) is 0 Å². The summed E-state index contributed by atoms with van der Waals surface area (Å²) in [6.07, 6.45) is 0. The molecule has 0 unspecified atom stereocenters. The molecule has 0 heterocycles. The number of benzene rings is 1. The molecule has 0 fully saturated rings. The molecule has 1 amide bonds. The molecule has 0 spiro atoms. The van der Waals surface area contributed by atoms with E-state index in [9.17, 15) is 4.79 Å². The molecule has 1 aromatic rings. The molecular weight excluding hydrogens is 218 g/mol. The van der Waals surface area contributed by atoms with Gasteiger partial charge in [-0.2, -0.15) is 0 Å². The van der Waals surface area contributed by atoms with Gasteiger partial charge in [0.2, 0.25) is 5.91 Å². The number of anilines is 1. The Bertz CT molecular complexity index is 377. The average Bonchev–Trinajstić information content (AvgIpc) is 2.29. The normalized spacial score (nSPS) is 10.3. The summed E-state index contributed by atoms with van der Waals surface area (Å²) in [5.74, 6) is -0.144. The highest BCUT2D eigenvalue weighted by Crippen LogP contribution is 2.15.